The Hall–Kier alpha value is -2.37. The van der Waals surface area contributed by atoms with Crippen LogP contribution in [0.25, 0.3) is 0 Å². The van der Waals surface area contributed by atoms with E-state index in [1.165, 1.54) is 0 Å². The normalized spacial score (nSPS) is 10.2. The van der Waals surface area contributed by atoms with Crippen molar-refractivity contribution in [2.45, 2.75) is 13.5 Å². The average molecular weight is 285 g/mol. The molecule has 0 heterocycles. The number of ether oxygens (including phenoxy) is 1. The van der Waals surface area contributed by atoms with Crippen LogP contribution in [-0.4, -0.2) is 13.0 Å². The number of carbonyl (C=O) groups excluding carboxylic acids is 1. The van der Waals surface area contributed by atoms with Crippen LogP contribution in [0, 0.1) is 6.92 Å². The minimum Gasteiger partial charge on any atom is -0.380 e. The van der Waals surface area contributed by atoms with E-state index in [0.29, 0.717) is 12.2 Å². The molecule has 0 aromatic heterocycles. The zero-order valence-corrected chi connectivity index (χ0v) is 12.1. The predicted molar refractivity (Wildman–Crippen MR) is 84.1 cm³/mol. The molecule has 0 saturated carbocycles. The third-order valence-corrected chi connectivity index (χ3v) is 3.21. The van der Waals surface area contributed by atoms with Gasteiger partial charge >= 0.3 is 0 Å². The van der Waals surface area contributed by atoms with Crippen molar-refractivity contribution in [3.05, 3.63) is 59.2 Å². The van der Waals surface area contributed by atoms with Crippen molar-refractivity contribution in [2.75, 3.05) is 17.9 Å². The maximum Gasteiger partial charge on any atom is 0.255 e. The van der Waals surface area contributed by atoms with E-state index in [9.17, 15) is 4.79 Å². The second-order valence-corrected chi connectivity index (χ2v) is 4.72. The average Bonchev–Trinajstić information content (AvgIpc) is 2.49. The van der Waals surface area contributed by atoms with Gasteiger partial charge in [-0.2, -0.15) is 0 Å². The van der Waals surface area contributed by atoms with E-state index < -0.39 is 0 Å². The van der Waals surface area contributed by atoms with Crippen molar-refractivity contribution < 1.29 is 9.53 Å². The monoisotopic (exact) mass is 285 g/mol. The predicted octanol–water partition coefficient (Wildman–Crippen LogP) is 2.68. The number of carbonyl (C=O) groups is 1. The Morgan fingerprint density at radius 1 is 1.19 bits per heavy atom. The van der Waals surface area contributed by atoms with E-state index in [1.54, 1.807) is 25.3 Å². The smallest absolute Gasteiger partial charge is 0.255 e. The first kappa shape index (κ1) is 15.0. The Morgan fingerprint density at radius 2 is 1.95 bits per heavy atom. The van der Waals surface area contributed by atoms with Crippen molar-refractivity contribution in [1.29, 1.82) is 0 Å². The molecule has 4 N–H and O–H groups in total. The molecule has 0 saturated heterocycles. The van der Waals surface area contributed by atoms with Crippen LogP contribution in [0.4, 0.5) is 11.4 Å². The van der Waals surface area contributed by atoms with Gasteiger partial charge in [0.15, 0.2) is 0 Å². The minimum absolute atomic E-state index is 0.162. The van der Waals surface area contributed by atoms with Crippen molar-refractivity contribution in [1.82, 2.24) is 0 Å². The fourth-order valence-electron chi connectivity index (χ4n) is 2.08. The van der Waals surface area contributed by atoms with Gasteiger partial charge < -0.3 is 15.5 Å². The standard InChI is InChI=1S/C16H19N3O2/c1-11-9-12(7-8-14(11)19-17)16(20)18-15-6-4-3-5-13(15)10-21-2/h3-9,19H,10,17H2,1-2H3,(H,18,20). The highest BCUT2D eigenvalue weighted by molar-refractivity contribution is 6.05. The molecule has 0 spiro atoms. The second kappa shape index (κ2) is 6.88. The Morgan fingerprint density at radius 3 is 2.62 bits per heavy atom. The summed E-state index contributed by atoms with van der Waals surface area (Å²) in [5.74, 6) is 5.23. The molecule has 110 valence electrons. The molecule has 0 fully saturated rings. The van der Waals surface area contributed by atoms with Crippen molar-refractivity contribution >= 4 is 17.3 Å². The number of nitrogens with two attached hydrogens (primary N) is 1. The van der Waals surface area contributed by atoms with Crippen molar-refractivity contribution in [2.24, 2.45) is 5.84 Å². The van der Waals surface area contributed by atoms with E-state index in [0.717, 1.165) is 22.5 Å². The number of para-hydroxylation sites is 1. The van der Waals surface area contributed by atoms with Gasteiger partial charge in [-0.1, -0.05) is 18.2 Å². The first-order chi connectivity index (χ1) is 10.2. The van der Waals surface area contributed by atoms with Crippen LogP contribution in [0.15, 0.2) is 42.5 Å². The molecule has 21 heavy (non-hydrogen) atoms. The van der Waals surface area contributed by atoms with E-state index in [4.69, 9.17) is 10.6 Å². The molecule has 0 bridgehead atoms. The molecule has 2 aromatic rings. The Kier molecular flexibility index (Phi) is 4.92. The SMILES string of the molecule is COCc1ccccc1NC(=O)c1ccc(NN)c(C)c1. The summed E-state index contributed by atoms with van der Waals surface area (Å²) in [6.07, 6.45) is 0. The van der Waals surface area contributed by atoms with E-state index in [-0.39, 0.29) is 5.91 Å². The molecular formula is C16H19N3O2. The van der Waals surface area contributed by atoms with E-state index in [2.05, 4.69) is 10.7 Å². The van der Waals surface area contributed by atoms with Gasteiger partial charge in [-0.25, -0.2) is 0 Å². The summed E-state index contributed by atoms with van der Waals surface area (Å²) in [5.41, 5.74) is 6.57. The molecule has 0 radical (unpaired) electrons. The summed E-state index contributed by atoms with van der Waals surface area (Å²) in [5, 5.41) is 2.91. The summed E-state index contributed by atoms with van der Waals surface area (Å²) in [7, 11) is 1.63. The summed E-state index contributed by atoms with van der Waals surface area (Å²) in [4.78, 5) is 12.3. The van der Waals surface area contributed by atoms with Gasteiger partial charge in [0.05, 0.1) is 12.3 Å². The Balaban J connectivity index is 2.20. The lowest BCUT2D eigenvalue weighted by Crippen LogP contribution is -2.14. The van der Waals surface area contributed by atoms with Gasteiger partial charge in [-0.05, 0) is 36.8 Å². The van der Waals surface area contributed by atoms with Gasteiger partial charge in [0.1, 0.15) is 0 Å². The number of anilines is 2. The summed E-state index contributed by atoms with van der Waals surface area (Å²) < 4.78 is 5.13. The zero-order chi connectivity index (χ0) is 15.2. The van der Waals surface area contributed by atoms with Crippen molar-refractivity contribution in [3.63, 3.8) is 0 Å². The number of amides is 1. The molecule has 0 unspecified atom stereocenters. The number of hydrogen-bond donors (Lipinski definition) is 3. The number of hydrazine groups is 1. The molecular weight excluding hydrogens is 266 g/mol. The molecule has 0 aliphatic rings. The molecule has 2 aromatic carbocycles. The highest BCUT2D eigenvalue weighted by atomic mass is 16.5. The highest BCUT2D eigenvalue weighted by Crippen LogP contribution is 2.19. The van der Waals surface area contributed by atoms with Gasteiger partial charge in [0.2, 0.25) is 0 Å². The largest absolute Gasteiger partial charge is 0.380 e. The summed E-state index contributed by atoms with van der Waals surface area (Å²) in [6, 6.07) is 12.9. The molecule has 1 amide bonds. The molecule has 5 heteroatoms. The maximum absolute atomic E-state index is 12.3. The Labute approximate surface area is 124 Å². The lowest BCUT2D eigenvalue weighted by molar-refractivity contribution is 0.102. The quantitative estimate of drug-likeness (QED) is 0.583. The number of rotatable bonds is 5. The second-order valence-electron chi connectivity index (χ2n) is 4.72. The number of aryl methyl sites for hydroxylation is 1. The van der Waals surface area contributed by atoms with Gasteiger partial charge in [0, 0.05) is 23.9 Å². The molecule has 0 aliphatic carbocycles. The maximum atomic E-state index is 12.3. The first-order valence-corrected chi connectivity index (χ1v) is 6.61. The lowest BCUT2D eigenvalue weighted by atomic mass is 10.1. The van der Waals surface area contributed by atoms with Gasteiger partial charge in [-0.3, -0.25) is 10.6 Å². The lowest BCUT2D eigenvalue weighted by Gasteiger charge is -2.11. The van der Waals surface area contributed by atoms with Crippen LogP contribution in [-0.2, 0) is 11.3 Å². The van der Waals surface area contributed by atoms with Crippen molar-refractivity contribution in [3.8, 4) is 0 Å². The number of nitrogen functional groups attached to an aromatic ring is 1. The zero-order valence-electron chi connectivity index (χ0n) is 12.1. The van der Waals surface area contributed by atoms with E-state index >= 15 is 0 Å². The fourth-order valence-corrected chi connectivity index (χ4v) is 2.08. The molecule has 2 rings (SSSR count). The van der Waals surface area contributed by atoms with Crippen LogP contribution >= 0.6 is 0 Å². The third-order valence-electron chi connectivity index (χ3n) is 3.21. The topological polar surface area (TPSA) is 76.4 Å². The molecule has 0 aliphatic heterocycles. The van der Waals surface area contributed by atoms with Crippen LogP contribution in [0.5, 0.6) is 0 Å². The molecule has 0 atom stereocenters. The number of hydrogen-bond acceptors (Lipinski definition) is 4. The molecule has 5 nitrogen and oxygen atoms in total. The fraction of sp³-hybridized carbons (Fsp3) is 0.188. The van der Waals surface area contributed by atoms with Crippen LogP contribution < -0.4 is 16.6 Å². The number of benzene rings is 2. The third kappa shape index (κ3) is 3.59. The summed E-state index contributed by atoms with van der Waals surface area (Å²) >= 11 is 0. The minimum atomic E-state index is -0.162. The van der Waals surface area contributed by atoms with Crippen LogP contribution in [0.2, 0.25) is 0 Å². The van der Waals surface area contributed by atoms with Crippen LogP contribution in [0.1, 0.15) is 21.5 Å². The number of methoxy groups -OCH3 is 1. The Bertz CT molecular complexity index is 641. The summed E-state index contributed by atoms with van der Waals surface area (Å²) in [6.45, 7) is 2.34. The van der Waals surface area contributed by atoms with Gasteiger partial charge in [0.25, 0.3) is 5.91 Å². The number of nitrogens with one attached hydrogen (secondary N) is 2. The van der Waals surface area contributed by atoms with Gasteiger partial charge in [-0.15, -0.1) is 0 Å². The van der Waals surface area contributed by atoms with E-state index in [1.807, 2.05) is 31.2 Å². The first-order valence-electron chi connectivity index (χ1n) is 6.61. The highest BCUT2D eigenvalue weighted by Gasteiger charge is 2.10. The van der Waals surface area contributed by atoms with Crippen LogP contribution in [0.3, 0.4) is 0 Å².